The lowest BCUT2D eigenvalue weighted by Gasteiger charge is -2.08. The SMILES string of the molecule is COc1cc(Br)cc(C)c1C=NCc1ccccc1. The molecule has 3 heteroatoms. The summed E-state index contributed by atoms with van der Waals surface area (Å²) in [5, 5.41) is 0. The molecule has 2 rings (SSSR count). The van der Waals surface area contributed by atoms with Crippen LogP contribution in [0.5, 0.6) is 5.75 Å². The first-order valence-electron chi connectivity index (χ1n) is 6.08. The maximum Gasteiger partial charge on any atom is 0.129 e. The van der Waals surface area contributed by atoms with Crippen LogP contribution in [0.15, 0.2) is 51.9 Å². The zero-order valence-electron chi connectivity index (χ0n) is 11.1. The Morgan fingerprint density at radius 3 is 2.63 bits per heavy atom. The van der Waals surface area contributed by atoms with Gasteiger partial charge in [-0.25, -0.2) is 0 Å². The van der Waals surface area contributed by atoms with Gasteiger partial charge in [-0.3, -0.25) is 4.99 Å². The second-order valence-electron chi connectivity index (χ2n) is 4.29. The van der Waals surface area contributed by atoms with Crippen molar-refractivity contribution in [3.05, 3.63) is 63.6 Å². The van der Waals surface area contributed by atoms with Gasteiger partial charge in [0.05, 0.1) is 13.7 Å². The van der Waals surface area contributed by atoms with Crippen LogP contribution in [0.1, 0.15) is 16.7 Å². The Morgan fingerprint density at radius 1 is 1.21 bits per heavy atom. The summed E-state index contributed by atoms with van der Waals surface area (Å²) in [6.07, 6.45) is 1.88. The van der Waals surface area contributed by atoms with E-state index in [1.165, 1.54) is 5.56 Å². The number of hydrogen-bond acceptors (Lipinski definition) is 2. The molecule has 2 aromatic rings. The zero-order valence-corrected chi connectivity index (χ0v) is 12.6. The maximum absolute atomic E-state index is 5.39. The molecule has 0 radical (unpaired) electrons. The lowest BCUT2D eigenvalue weighted by Crippen LogP contribution is -1.95. The molecule has 2 nitrogen and oxygen atoms in total. The van der Waals surface area contributed by atoms with Crippen LogP contribution in [0, 0.1) is 6.92 Å². The van der Waals surface area contributed by atoms with Crippen molar-refractivity contribution >= 4 is 22.1 Å². The third-order valence-corrected chi connectivity index (χ3v) is 3.33. The van der Waals surface area contributed by atoms with Gasteiger partial charge in [0, 0.05) is 16.3 Å². The van der Waals surface area contributed by atoms with Crippen molar-refractivity contribution < 1.29 is 4.74 Å². The summed E-state index contributed by atoms with van der Waals surface area (Å²) in [6.45, 7) is 2.73. The number of ether oxygens (including phenoxy) is 1. The molecule has 0 aliphatic heterocycles. The fourth-order valence-corrected chi connectivity index (χ4v) is 2.43. The predicted octanol–water partition coefficient (Wildman–Crippen LogP) is 4.39. The van der Waals surface area contributed by atoms with Crippen molar-refractivity contribution in [3.8, 4) is 5.75 Å². The molecular formula is C16H16BrNO. The summed E-state index contributed by atoms with van der Waals surface area (Å²) in [5.41, 5.74) is 3.37. The number of aliphatic imine (C=N–C) groups is 1. The third-order valence-electron chi connectivity index (χ3n) is 2.87. The molecule has 0 unspecified atom stereocenters. The van der Waals surface area contributed by atoms with Crippen LogP contribution in [0.2, 0.25) is 0 Å². The van der Waals surface area contributed by atoms with Crippen molar-refractivity contribution in [1.29, 1.82) is 0 Å². The van der Waals surface area contributed by atoms with Gasteiger partial charge in [0.15, 0.2) is 0 Å². The molecule has 0 saturated heterocycles. The molecule has 0 aromatic heterocycles. The van der Waals surface area contributed by atoms with Crippen LogP contribution in [0.25, 0.3) is 0 Å². The highest BCUT2D eigenvalue weighted by atomic mass is 79.9. The smallest absolute Gasteiger partial charge is 0.129 e. The van der Waals surface area contributed by atoms with Crippen LogP contribution in [0.4, 0.5) is 0 Å². The van der Waals surface area contributed by atoms with Crippen LogP contribution in [-0.4, -0.2) is 13.3 Å². The molecule has 0 spiro atoms. The number of rotatable bonds is 4. The summed E-state index contributed by atoms with van der Waals surface area (Å²) in [6, 6.07) is 14.2. The molecule has 0 atom stereocenters. The summed E-state index contributed by atoms with van der Waals surface area (Å²) < 4.78 is 6.40. The molecule has 0 heterocycles. The van der Waals surface area contributed by atoms with Crippen LogP contribution < -0.4 is 4.74 Å². The largest absolute Gasteiger partial charge is 0.496 e. The molecular weight excluding hydrogens is 302 g/mol. The summed E-state index contributed by atoms with van der Waals surface area (Å²) in [5.74, 6) is 0.837. The topological polar surface area (TPSA) is 21.6 Å². The number of aryl methyl sites for hydroxylation is 1. The van der Waals surface area contributed by atoms with Crippen molar-refractivity contribution in [1.82, 2.24) is 0 Å². The van der Waals surface area contributed by atoms with Crippen LogP contribution in [-0.2, 0) is 6.54 Å². The molecule has 19 heavy (non-hydrogen) atoms. The van der Waals surface area contributed by atoms with E-state index in [9.17, 15) is 0 Å². The number of nitrogens with zero attached hydrogens (tertiary/aromatic N) is 1. The molecule has 98 valence electrons. The Hall–Kier alpha value is -1.61. The highest BCUT2D eigenvalue weighted by Crippen LogP contribution is 2.25. The average molecular weight is 318 g/mol. The second kappa shape index (κ2) is 6.53. The van der Waals surface area contributed by atoms with Gasteiger partial charge in [-0.2, -0.15) is 0 Å². The van der Waals surface area contributed by atoms with Crippen molar-refractivity contribution in [2.75, 3.05) is 7.11 Å². The Kier molecular flexibility index (Phi) is 4.74. The Labute approximate surface area is 122 Å². The van der Waals surface area contributed by atoms with E-state index in [0.717, 1.165) is 21.3 Å². The normalized spacial score (nSPS) is 10.9. The second-order valence-corrected chi connectivity index (χ2v) is 5.21. The highest BCUT2D eigenvalue weighted by molar-refractivity contribution is 9.10. The number of hydrogen-bond donors (Lipinski definition) is 0. The van der Waals surface area contributed by atoms with E-state index in [1.54, 1.807) is 7.11 Å². The third kappa shape index (κ3) is 3.67. The number of methoxy groups -OCH3 is 1. The Bertz CT molecular complexity index is 579. The number of halogens is 1. The minimum Gasteiger partial charge on any atom is -0.496 e. The van der Waals surface area contributed by atoms with E-state index in [-0.39, 0.29) is 0 Å². The first-order chi connectivity index (χ1) is 9.20. The Balaban J connectivity index is 2.19. The lowest BCUT2D eigenvalue weighted by atomic mass is 10.1. The van der Waals surface area contributed by atoms with E-state index >= 15 is 0 Å². The first kappa shape index (κ1) is 13.8. The lowest BCUT2D eigenvalue weighted by molar-refractivity contribution is 0.413. The van der Waals surface area contributed by atoms with Gasteiger partial charge in [0.25, 0.3) is 0 Å². The quantitative estimate of drug-likeness (QED) is 0.766. The van der Waals surface area contributed by atoms with E-state index in [0.29, 0.717) is 6.54 Å². The van der Waals surface area contributed by atoms with Gasteiger partial charge < -0.3 is 4.74 Å². The molecule has 0 saturated carbocycles. The van der Waals surface area contributed by atoms with Gasteiger partial charge in [0.2, 0.25) is 0 Å². The standard InChI is InChI=1S/C16H16BrNO/c1-12-8-14(17)9-16(19-2)15(12)11-18-10-13-6-4-3-5-7-13/h3-9,11H,10H2,1-2H3. The minimum atomic E-state index is 0.680. The zero-order chi connectivity index (χ0) is 13.7. The van der Waals surface area contributed by atoms with Crippen molar-refractivity contribution in [2.45, 2.75) is 13.5 Å². The summed E-state index contributed by atoms with van der Waals surface area (Å²) >= 11 is 3.47. The van der Waals surface area contributed by atoms with Gasteiger partial charge in [0.1, 0.15) is 5.75 Å². The van der Waals surface area contributed by atoms with Crippen molar-refractivity contribution in [3.63, 3.8) is 0 Å². The molecule has 0 fully saturated rings. The molecule has 0 N–H and O–H groups in total. The highest BCUT2D eigenvalue weighted by Gasteiger charge is 2.05. The predicted molar refractivity (Wildman–Crippen MR) is 83.2 cm³/mol. The molecule has 0 aliphatic rings. The molecule has 0 amide bonds. The maximum atomic E-state index is 5.39. The van der Waals surface area contributed by atoms with Crippen molar-refractivity contribution in [2.24, 2.45) is 4.99 Å². The summed E-state index contributed by atoms with van der Waals surface area (Å²) in [7, 11) is 1.68. The van der Waals surface area contributed by atoms with E-state index < -0.39 is 0 Å². The van der Waals surface area contributed by atoms with Gasteiger partial charge in [-0.1, -0.05) is 46.3 Å². The average Bonchev–Trinajstić information content (AvgIpc) is 2.42. The number of benzene rings is 2. The first-order valence-corrected chi connectivity index (χ1v) is 6.88. The van der Waals surface area contributed by atoms with E-state index in [2.05, 4.69) is 46.0 Å². The van der Waals surface area contributed by atoms with Crippen LogP contribution in [0.3, 0.4) is 0 Å². The molecule has 0 bridgehead atoms. The molecule has 0 aliphatic carbocycles. The summed E-state index contributed by atoms with van der Waals surface area (Å²) in [4.78, 5) is 4.49. The van der Waals surface area contributed by atoms with E-state index in [4.69, 9.17) is 4.74 Å². The van der Waals surface area contributed by atoms with Gasteiger partial charge >= 0.3 is 0 Å². The minimum absolute atomic E-state index is 0.680. The van der Waals surface area contributed by atoms with Crippen LogP contribution >= 0.6 is 15.9 Å². The Morgan fingerprint density at radius 2 is 1.95 bits per heavy atom. The fourth-order valence-electron chi connectivity index (χ4n) is 1.88. The monoisotopic (exact) mass is 317 g/mol. The van der Waals surface area contributed by atoms with Gasteiger partial charge in [-0.15, -0.1) is 0 Å². The van der Waals surface area contributed by atoms with E-state index in [1.807, 2.05) is 30.5 Å². The van der Waals surface area contributed by atoms with Gasteiger partial charge in [-0.05, 0) is 30.2 Å². The molecule has 2 aromatic carbocycles. The fraction of sp³-hybridized carbons (Fsp3) is 0.188.